The maximum Gasteiger partial charge on any atom is 0.278 e. The highest BCUT2D eigenvalue weighted by atomic mass is 32.1. The number of anilines is 1. The zero-order valence-corrected chi connectivity index (χ0v) is 14.2. The fourth-order valence-corrected chi connectivity index (χ4v) is 4.29. The third kappa shape index (κ3) is 2.94. The van der Waals surface area contributed by atoms with Crippen molar-refractivity contribution in [3.8, 4) is 17.4 Å². The number of carbonyl (C=O) groups excluding carboxylic acids is 1. The lowest BCUT2D eigenvalue weighted by Crippen LogP contribution is -2.12. The van der Waals surface area contributed by atoms with E-state index in [0.29, 0.717) is 16.3 Å². The summed E-state index contributed by atoms with van der Waals surface area (Å²) in [6.07, 6.45) is 4.12. The first-order valence-electron chi connectivity index (χ1n) is 8.14. The number of carbonyl (C=O) groups is 1. The summed E-state index contributed by atoms with van der Waals surface area (Å²) in [5.74, 6) is 0.178. The van der Waals surface area contributed by atoms with E-state index in [-0.39, 0.29) is 11.6 Å². The highest BCUT2D eigenvalue weighted by molar-refractivity contribution is 7.16. The molecule has 1 amide bonds. The van der Waals surface area contributed by atoms with Crippen LogP contribution in [0, 0.1) is 11.3 Å². The minimum Gasteiger partial charge on any atom is -0.355 e. The Labute approximate surface area is 148 Å². The quantitative estimate of drug-likeness (QED) is 0.760. The smallest absolute Gasteiger partial charge is 0.278 e. The number of aryl methyl sites for hydroxylation is 1. The molecule has 2 heterocycles. The zero-order chi connectivity index (χ0) is 17.2. The van der Waals surface area contributed by atoms with Crippen molar-refractivity contribution in [3.05, 3.63) is 58.1 Å². The minimum absolute atomic E-state index is 0.203. The Hall–Kier alpha value is -2.91. The van der Waals surface area contributed by atoms with Gasteiger partial charge in [0.1, 0.15) is 11.1 Å². The van der Waals surface area contributed by atoms with Crippen LogP contribution < -0.4 is 5.32 Å². The molecule has 0 unspecified atom stereocenters. The van der Waals surface area contributed by atoms with E-state index in [0.717, 1.165) is 36.8 Å². The molecule has 0 saturated carbocycles. The van der Waals surface area contributed by atoms with Gasteiger partial charge in [-0.15, -0.1) is 11.3 Å². The Kier molecular flexibility index (Phi) is 4.08. The Morgan fingerprint density at radius 2 is 2.04 bits per heavy atom. The molecule has 25 heavy (non-hydrogen) atoms. The van der Waals surface area contributed by atoms with Crippen LogP contribution in [0.3, 0.4) is 0 Å². The molecule has 0 fully saturated rings. The number of hydrogen-bond donors (Lipinski definition) is 1. The van der Waals surface area contributed by atoms with Gasteiger partial charge < -0.3 is 9.84 Å². The van der Waals surface area contributed by atoms with Gasteiger partial charge in [0.25, 0.3) is 5.91 Å². The first kappa shape index (κ1) is 15.6. The van der Waals surface area contributed by atoms with Crippen LogP contribution in [0.5, 0.6) is 0 Å². The number of nitrogens with zero attached hydrogens (tertiary/aromatic N) is 2. The predicted molar refractivity (Wildman–Crippen MR) is 95.6 cm³/mol. The van der Waals surface area contributed by atoms with Gasteiger partial charge in [0.15, 0.2) is 11.5 Å². The lowest BCUT2D eigenvalue weighted by atomic mass is 9.96. The molecule has 0 spiro atoms. The van der Waals surface area contributed by atoms with Crippen LogP contribution in [0.4, 0.5) is 5.00 Å². The summed E-state index contributed by atoms with van der Waals surface area (Å²) < 4.78 is 5.27. The number of fused-ring (bicyclic) bond motifs is 1. The molecular formula is C19H15N3O2S. The van der Waals surface area contributed by atoms with Crippen LogP contribution in [0.1, 0.15) is 39.3 Å². The molecule has 1 aliphatic carbocycles. The number of hydrogen-bond acceptors (Lipinski definition) is 5. The summed E-state index contributed by atoms with van der Waals surface area (Å²) in [6.45, 7) is 0. The van der Waals surface area contributed by atoms with Crippen LogP contribution in [0.15, 0.2) is 40.9 Å². The van der Waals surface area contributed by atoms with E-state index in [1.807, 2.05) is 30.3 Å². The van der Waals surface area contributed by atoms with Crippen LogP contribution >= 0.6 is 11.3 Å². The van der Waals surface area contributed by atoms with Gasteiger partial charge in [-0.05, 0) is 31.2 Å². The van der Waals surface area contributed by atoms with E-state index in [1.54, 1.807) is 6.07 Å². The molecule has 2 aromatic heterocycles. The average Bonchev–Trinajstić information content (AvgIpc) is 3.27. The van der Waals surface area contributed by atoms with Gasteiger partial charge in [0.05, 0.1) is 5.56 Å². The topological polar surface area (TPSA) is 78.9 Å². The van der Waals surface area contributed by atoms with Crippen molar-refractivity contribution in [2.24, 2.45) is 0 Å². The molecule has 5 nitrogen and oxygen atoms in total. The highest BCUT2D eigenvalue weighted by Crippen LogP contribution is 2.37. The van der Waals surface area contributed by atoms with Gasteiger partial charge in [-0.1, -0.05) is 35.5 Å². The van der Waals surface area contributed by atoms with Gasteiger partial charge in [0.2, 0.25) is 0 Å². The second kappa shape index (κ2) is 6.54. The molecular weight excluding hydrogens is 334 g/mol. The summed E-state index contributed by atoms with van der Waals surface area (Å²) in [5, 5.41) is 16.8. The first-order chi connectivity index (χ1) is 12.3. The SMILES string of the molecule is N#Cc1c(NC(=O)c2cc(-c3ccccc3)on2)sc2c1CCCC2. The van der Waals surface area contributed by atoms with Crippen LogP contribution in [0.2, 0.25) is 0 Å². The van der Waals surface area contributed by atoms with Crippen molar-refractivity contribution >= 4 is 22.2 Å². The summed E-state index contributed by atoms with van der Waals surface area (Å²) in [5.41, 5.74) is 2.76. The van der Waals surface area contributed by atoms with Gasteiger partial charge in [-0.25, -0.2) is 0 Å². The second-order valence-corrected chi connectivity index (χ2v) is 7.03. The largest absolute Gasteiger partial charge is 0.355 e. The number of nitrogens with one attached hydrogen (secondary N) is 1. The first-order valence-corrected chi connectivity index (χ1v) is 8.96. The van der Waals surface area contributed by atoms with Crippen molar-refractivity contribution in [3.63, 3.8) is 0 Å². The molecule has 0 saturated heterocycles. The third-order valence-electron chi connectivity index (χ3n) is 4.31. The van der Waals surface area contributed by atoms with Gasteiger partial charge in [-0.3, -0.25) is 4.79 Å². The fourth-order valence-electron chi connectivity index (χ4n) is 3.06. The monoisotopic (exact) mass is 349 g/mol. The standard InChI is InChI=1S/C19H15N3O2S/c20-11-14-13-8-4-5-9-17(13)25-19(14)21-18(23)15-10-16(24-22-15)12-6-2-1-3-7-12/h1-3,6-7,10H,4-5,8-9H2,(H,21,23). The number of benzene rings is 1. The van der Waals surface area contributed by atoms with E-state index in [2.05, 4.69) is 16.5 Å². The molecule has 1 aliphatic rings. The van der Waals surface area contributed by atoms with E-state index >= 15 is 0 Å². The molecule has 0 radical (unpaired) electrons. The number of nitriles is 1. The van der Waals surface area contributed by atoms with Crippen LogP contribution in [-0.2, 0) is 12.8 Å². The van der Waals surface area contributed by atoms with Gasteiger partial charge in [-0.2, -0.15) is 5.26 Å². The molecule has 1 N–H and O–H groups in total. The van der Waals surface area contributed by atoms with Crippen LogP contribution in [0.25, 0.3) is 11.3 Å². The molecule has 1 aromatic carbocycles. The predicted octanol–water partition coefficient (Wildman–Crippen LogP) is 4.41. The summed E-state index contributed by atoms with van der Waals surface area (Å²) in [7, 11) is 0. The van der Waals surface area contributed by atoms with E-state index in [9.17, 15) is 10.1 Å². The molecule has 124 valence electrons. The van der Waals surface area contributed by atoms with Crippen molar-refractivity contribution < 1.29 is 9.32 Å². The van der Waals surface area contributed by atoms with Crippen molar-refractivity contribution in [2.75, 3.05) is 5.32 Å². The maximum atomic E-state index is 12.5. The van der Waals surface area contributed by atoms with Crippen molar-refractivity contribution in [1.82, 2.24) is 5.16 Å². The number of thiophene rings is 1. The maximum absolute atomic E-state index is 12.5. The fraction of sp³-hybridized carbons (Fsp3) is 0.211. The molecule has 0 aliphatic heterocycles. The van der Waals surface area contributed by atoms with Crippen molar-refractivity contribution in [1.29, 1.82) is 5.26 Å². The number of aromatic nitrogens is 1. The molecule has 4 rings (SSSR count). The van der Waals surface area contributed by atoms with Crippen LogP contribution in [-0.4, -0.2) is 11.1 Å². The summed E-state index contributed by atoms with van der Waals surface area (Å²) in [6, 6.07) is 13.3. The Balaban J connectivity index is 1.58. The second-order valence-electron chi connectivity index (χ2n) is 5.92. The molecule has 0 bridgehead atoms. The Morgan fingerprint density at radius 3 is 2.84 bits per heavy atom. The molecule has 3 aromatic rings. The van der Waals surface area contributed by atoms with E-state index < -0.39 is 0 Å². The minimum atomic E-state index is -0.360. The van der Waals surface area contributed by atoms with Crippen molar-refractivity contribution in [2.45, 2.75) is 25.7 Å². The number of rotatable bonds is 3. The van der Waals surface area contributed by atoms with E-state index in [4.69, 9.17) is 4.52 Å². The van der Waals surface area contributed by atoms with Gasteiger partial charge >= 0.3 is 0 Å². The Bertz CT molecular complexity index is 966. The molecule has 0 atom stereocenters. The highest BCUT2D eigenvalue weighted by Gasteiger charge is 2.23. The lowest BCUT2D eigenvalue weighted by Gasteiger charge is -2.09. The van der Waals surface area contributed by atoms with Gasteiger partial charge in [0, 0.05) is 16.5 Å². The lowest BCUT2D eigenvalue weighted by molar-refractivity contribution is 0.101. The Morgan fingerprint density at radius 1 is 1.24 bits per heavy atom. The summed E-state index contributed by atoms with van der Waals surface area (Å²) in [4.78, 5) is 13.7. The zero-order valence-electron chi connectivity index (χ0n) is 13.4. The molecule has 6 heteroatoms. The number of amides is 1. The normalized spacial score (nSPS) is 13.1. The van der Waals surface area contributed by atoms with E-state index in [1.165, 1.54) is 16.2 Å². The third-order valence-corrected chi connectivity index (χ3v) is 5.52. The average molecular weight is 349 g/mol. The summed E-state index contributed by atoms with van der Waals surface area (Å²) >= 11 is 1.50.